The van der Waals surface area contributed by atoms with Crippen molar-refractivity contribution in [1.29, 1.82) is 0 Å². The number of hydrogen-bond donors (Lipinski definition) is 2. The summed E-state index contributed by atoms with van der Waals surface area (Å²) >= 11 is 12.4. The van der Waals surface area contributed by atoms with Gasteiger partial charge in [0.05, 0.1) is 30.2 Å². The number of fused-ring (bicyclic) bond motifs is 1. The van der Waals surface area contributed by atoms with E-state index < -0.39 is 17.2 Å². The van der Waals surface area contributed by atoms with Crippen LogP contribution in [0.2, 0.25) is 10.0 Å². The third-order valence-corrected chi connectivity index (χ3v) is 7.92. The van der Waals surface area contributed by atoms with Crippen LogP contribution in [0.4, 0.5) is 5.69 Å². The molecule has 5 aromatic rings. The number of nitrogens with zero attached hydrogens (tertiary/aromatic N) is 2. The minimum absolute atomic E-state index is 0.0597. The average molecular weight is 632 g/mol. The van der Waals surface area contributed by atoms with E-state index >= 15 is 0 Å². The molecule has 0 saturated carbocycles. The van der Waals surface area contributed by atoms with Gasteiger partial charge in [-0.15, -0.1) is 0 Å². The molecule has 0 saturated heterocycles. The van der Waals surface area contributed by atoms with Crippen LogP contribution in [0.5, 0.6) is 5.75 Å². The molecule has 1 aromatic heterocycles. The molecule has 11 heteroatoms. The van der Waals surface area contributed by atoms with Crippen LogP contribution < -0.4 is 26.6 Å². The fourth-order valence-electron chi connectivity index (χ4n) is 4.79. The molecule has 0 aliphatic rings. The number of carbonyl (C=O) groups is 2. The first kappa shape index (κ1) is 30.6. The van der Waals surface area contributed by atoms with Crippen LogP contribution in [-0.2, 0) is 24.4 Å². The third-order valence-electron chi connectivity index (χ3n) is 7.14. The molecule has 2 amide bonds. The minimum Gasteiger partial charge on any atom is -0.495 e. The van der Waals surface area contributed by atoms with Gasteiger partial charge < -0.3 is 15.4 Å². The molecular formula is C33H28Cl2N4O5. The van der Waals surface area contributed by atoms with Crippen LogP contribution in [-0.4, -0.2) is 28.1 Å². The van der Waals surface area contributed by atoms with E-state index in [0.717, 1.165) is 15.7 Å². The van der Waals surface area contributed by atoms with Gasteiger partial charge in [0.1, 0.15) is 12.3 Å². The highest BCUT2D eigenvalue weighted by atomic mass is 35.5. The maximum Gasteiger partial charge on any atom is 0.332 e. The van der Waals surface area contributed by atoms with Crippen LogP contribution in [0.1, 0.15) is 27.0 Å². The van der Waals surface area contributed by atoms with Crippen LogP contribution >= 0.6 is 23.2 Å². The molecule has 224 valence electrons. The minimum atomic E-state index is -0.648. The Balaban J connectivity index is 1.39. The number of benzene rings is 4. The van der Waals surface area contributed by atoms with Gasteiger partial charge in [-0.05, 0) is 60.0 Å². The summed E-state index contributed by atoms with van der Waals surface area (Å²) in [5.74, 6) is -0.410. The Kier molecular flexibility index (Phi) is 9.18. The highest BCUT2D eigenvalue weighted by molar-refractivity contribution is 6.31. The van der Waals surface area contributed by atoms with Crippen molar-refractivity contribution in [1.82, 2.24) is 14.5 Å². The molecule has 1 heterocycles. The van der Waals surface area contributed by atoms with Crippen LogP contribution in [0.15, 0.2) is 94.5 Å². The number of nitrogens with one attached hydrogen (secondary N) is 2. The predicted molar refractivity (Wildman–Crippen MR) is 172 cm³/mol. The number of para-hydroxylation sites is 1. The molecule has 5 rings (SSSR count). The summed E-state index contributed by atoms with van der Waals surface area (Å²) < 4.78 is 7.69. The lowest BCUT2D eigenvalue weighted by molar-refractivity contribution is -0.116. The molecule has 2 N–H and O–H groups in total. The fourth-order valence-corrected chi connectivity index (χ4v) is 5.15. The molecule has 0 aliphatic carbocycles. The van der Waals surface area contributed by atoms with E-state index in [-0.39, 0.29) is 30.9 Å². The number of aromatic nitrogens is 2. The summed E-state index contributed by atoms with van der Waals surface area (Å²) in [7, 11) is 1.46. The number of aryl methyl sites for hydroxylation is 1. The van der Waals surface area contributed by atoms with E-state index in [0.29, 0.717) is 38.1 Å². The summed E-state index contributed by atoms with van der Waals surface area (Å²) in [4.78, 5) is 52.9. The van der Waals surface area contributed by atoms with Gasteiger partial charge in [0.15, 0.2) is 0 Å². The monoisotopic (exact) mass is 630 g/mol. The molecule has 0 aliphatic heterocycles. The van der Waals surface area contributed by atoms with E-state index in [1.165, 1.54) is 11.7 Å². The Labute approximate surface area is 262 Å². The first-order valence-corrected chi connectivity index (χ1v) is 14.4. The first-order chi connectivity index (χ1) is 21.2. The molecule has 44 heavy (non-hydrogen) atoms. The van der Waals surface area contributed by atoms with E-state index in [9.17, 15) is 19.2 Å². The zero-order valence-electron chi connectivity index (χ0n) is 23.9. The highest BCUT2D eigenvalue weighted by Crippen LogP contribution is 2.31. The largest absolute Gasteiger partial charge is 0.495 e. The zero-order valence-corrected chi connectivity index (χ0v) is 25.4. The van der Waals surface area contributed by atoms with Crippen LogP contribution in [0.25, 0.3) is 10.9 Å². The van der Waals surface area contributed by atoms with Gasteiger partial charge in [-0.3, -0.25) is 23.5 Å². The van der Waals surface area contributed by atoms with Crippen molar-refractivity contribution in [3.8, 4) is 5.75 Å². The fraction of sp³-hybridized carbons (Fsp3) is 0.152. The normalized spacial score (nSPS) is 10.9. The molecule has 0 fully saturated rings. The van der Waals surface area contributed by atoms with Crippen LogP contribution in [0.3, 0.4) is 0 Å². The van der Waals surface area contributed by atoms with Gasteiger partial charge in [-0.2, -0.15) is 0 Å². The quantitative estimate of drug-likeness (QED) is 0.226. The van der Waals surface area contributed by atoms with Crippen molar-refractivity contribution in [3.05, 3.63) is 138 Å². The van der Waals surface area contributed by atoms with Crippen molar-refractivity contribution in [2.75, 3.05) is 12.4 Å². The van der Waals surface area contributed by atoms with E-state index in [1.54, 1.807) is 73.7 Å². The molecule has 0 radical (unpaired) electrons. The maximum atomic E-state index is 13.7. The molecule has 0 bridgehead atoms. The number of anilines is 1. The SMILES string of the molecule is COc1cc(Cl)c(C)cc1NC(=O)Cn1c(=O)n(Cc2ccc(C(=O)NCc3ccccc3Cl)cc2)c(=O)c2ccccc21. The summed E-state index contributed by atoms with van der Waals surface area (Å²) in [6.45, 7) is 1.65. The highest BCUT2D eigenvalue weighted by Gasteiger charge is 2.17. The lowest BCUT2D eigenvalue weighted by Crippen LogP contribution is -2.42. The van der Waals surface area contributed by atoms with Crippen molar-refractivity contribution < 1.29 is 14.3 Å². The van der Waals surface area contributed by atoms with Crippen molar-refractivity contribution in [3.63, 3.8) is 0 Å². The topological polar surface area (TPSA) is 111 Å². The van der Waals surface area contributed by atoms with E-state index in [4.69, 9.17) is 27.9 Å². The third kappa shape index (κ3) is 6.54. The molecule has 0 unspecified atom stereocenters. The number of carbonyl (C=O) groups excluding carboxylic acids is 2. The summed E-state index contributed by atoms with van der Waals surface area (Å²) in [6, 6.07) is 23.8. The molecule has 4 aromatic carbocycles. The summed E-state index contributed by atoms with van der Waals surface area (Å²) in [6.07, 6.45) is 0. The Hall–Kier alpha value is -4.86. The number of amides is 2. The van der Waals surface area contributed by atoms with Gasteiger partial charge in [0.2, 0.25) is 5.91 Å². The second kappa shape index (κ2) is 13.2. The van der Waals surface area contributed by atoms with Gasteiger partial charge in [0.25, 0.3) is 11.5 Å². The lowest BCUT2D eigenvalue weighted by atomic mass is 10.1. The Bertz CT molecular complexity index is 2000. The summed E-state index contributed by atoms with van der Waals surface area (Å²) in [5, 5.41) is 6.95. The number of methoxy groups -OCH3 is 1. The standard InChI is InChI=1S/C33H28Cl2N4O5/c1-20-15-27(29(44-2)16-26(20)35)37-30(40)19-38-28-10-6-4-8-24(28)32(42)39(33(38)43)18-21-11-13-22(14-12-21)31(41)36-17-23-7-3-5-9-25(23)34/h3-16H,17-19H2,1-2H3,(H,36,41)(H,37,40). The first-order valence-electron chi connectivity index (χ1n) is 13.6. The second-order valence-electron chi connectivity index (χ2n) is 10.1. The van der Waals surface area contributed by atoms with Crippen LogP contribution in [0, 0.1) is 6.92 Å². The Morgan fingerprint density at radius 2 is 1.57 bits per heavy atom. The van der Waals surface area contributed by atoms with E-state index in [2.05, 4.69) is 10.6 Å². The molecule has 0 atom stereocenters. The molecule has 0 spiro atoms. The van der Waals surface area contributed by atoms with Crippen molar-refractivity contribution >= 4 is 51.6 Å². The van der Waals surface area contributed by atoms with Gasteiger partial charge in [-0.1, -0.05) is 65.7 Å². The van der Waals surface area contributed by atoms with E-state index in [1.807, 2.05) is 18.2 Å². The van der Waals surface area contributed by atoms with Gasteiger partial charge in [-0.25, -0.2) is 4.79 Å². The average Bonchev–Trinajstić information content (AvgIpc) is 3.02. The number of rotatable bonds is 9. The number of ether oxygens (including phenoxy) is 1. The zero-order chi connectivity index (χ0) is 31.4. The second-order valence-corrected chi connectivity index (χ2v) is 10.9. The van der Waals surface area contributed by atoms with Crippen molar-refractivity contribution in [2.24, 2.45) is 0 Å². The number of hydrogen-bond acceptors (Lipinski definition) is 5. The molecule has 9 nitrogen and oxygen atoms in total. The Morgan fingerprint density at radius 3 is 2.30 bits per heavy atom. The lowest BCUT2D eigenvalue weighted by Gasteiger charge is -2.16. The smallest absolute Gasteiger partial charge is 0.332 e. The number of halogens is 2. The molecular weight excluding hydrogens is 603 g/mol. The Morgan fingerprint density at radius 1 is 0.864 bits per heavy atom. The summed E-state index contributed by atoms with van der Waals surface area (Å²) in [5.41, 5.74) is 2.17. The van der Waals surface area contributed by atoms with Gasteiger partial charge in [0, 0.05) is 28.2 Å². The van der Waals surface area contributed by atoms with Gasteiger partial charge >= 0.3 is 5.69 Å². The predicted octanol–water partition coefficient (Wildman–Crippen LogP) is 5.40. The van der Waals surface area contributed by atoms with Crippen molar-refractivity contribution in [2.45, 2.75) is 26.6 Å². The maximum absolute atomic E-state index is 13.7.